The van der Waals surface area contributed by atoms with Gasteiger partial charge in [-0.05, 0) is 63.1 Å². The molecule has 1 aliphatic heterocycles. The Balaban J connectivity index is 1.81. The fraction of sp³-hybridized carbons (Fsp3) is 0.269. The molecule has 1 amide bonds. The van der Waals surface area contributed by atoms with Gasteiger partial charge in [-0.2, -0.15) is 0 Å². The van der Waals surface area contributed by atoms with E-state index in [1.807, 2.05) is 42.5 Å². The van der Waals surface area contributed by atoms with Crippen LogP contribution in [0.15, 0.2) is 54.6 Å². The molecule has 1 heterocycles. The molecular weight excluding hydrogens is 386 g/mol. The first kappa shape index (κ1) is 20.8. The highest BCUT2D eigenvalue weighted by Crippen LogP contribution is 2.46. The van der Waals surface area contributed by atoms with Crippen molar-refractivity contribution in [3.8, 4) is 11.5 Å². The number of ether oxygens (including phenoxy) is 1. The number of hydrogen-bond donors (Lipinski definition) is 3. The van der Waals surface area contributed by atoms with Gasteiger partial charge in [-0.15, -0.1) is 0 Å². The van der Waals surface area contributed by atoms with Crippen molar-refractivity contribution < 1.29 is 9.53 Å². The molecule has 1 aliphatic rings. The third kappa shape index (κ3) is 4.08. The standard InChI is InChI=1S/C26H29N3O2/c1-5-27-21-14-23-19(12-16(21)3)25(29-26(30)18-10-8-7-9-11-18)20-13-17(4)22(28-6-2)15-24(20)31-23/h7-15,25,27-28H,5-6H2,1-4H3,(H,29,30). The Morgan fingerprint density at radius 1 is 0.839 bits per heavy atom. The van der Waals surface area contributed by atoms with Gasteiger partial charge in [0.15, 0.2) is 0 Å². The van der Waals surface area contributed by atoms with Crippen LogP contribution in [-0.4, -0.2) is 19.0 Å². The highest BCUT2D eigenvalue weighted by atomic mass is 16.5. The van der Waals surface area contributed by atoms with E-state index in [-0.39, 0.29) is 11.9 Å². The summed E-state index contributed by atoms with van der Waals surface area (Å²) in [5.41, 5.74) is 6.88. The minimum absolute atomic E-state index is 0.105. The van der Waals surface area contributed by atoms with Crippen LogP contribution in [0.5, 0.6) is 11.5 Å². The quantitative estimate of drug-likeness (QED) is 0.477. The van der Waals surface area contributed by atoms with E-state index < -0.39 is 0 Å². The Labute approximate surface area is 183 Å². The van der Waals surface area contributed by atoms with Gasteiger partial charge in [-0.3, -0.25) is 4.79 Å². The number of amides is 1. The summed E-state index contributed by atoms with van der Waals surface area (Å²) in [5, 5.41) is 10.0. The molecule has 0 fully saturated rings. The van der Waals surface area contributed by atoms with Crippen molar-refractivity contribution in [1.82, 2.24) is 5.32 Å². The molecule has 31 heavy (non-hydrogen) atoms. The molecule has 0 aromatic heterocycles. The molecule has 3 N–H and O–H groups in total. The zero-order valence-electron chi connectivity index (χ0n) is 18.5. The van der Waals surface area contributed by atoms with Gasteiger partial charge in [-0.25, -0.2) is 0 Å². The molecule has 0 bridgehead atoms. The number of carbonyl (C=O) groups excluding carboxylic acids is 1. The molecule has 160 valence electrons. The second-order valence-electron chi connectivity index (χ2n) is 7.85. The van der Waals surface area contributed by atoms with Crippen molar-refractivity contribution in [2.75, 3.05) is 23.7 Å². The van der Waals surface area contributed by atoms with Crippen LogP contribution in [0.1, 0.15) is 52.5 Å². The van der Waals surface area contributed by atoms with E-state index in [1.54, 1.807) is 0 Å². The molecule has 0 atom stereocenters. The fourth-order valence-electron chi connectivity index (χ4n) is 4.06. The van der Waals surface area contributed by atoms with Crippen LogP contribution >= 0.6 is 0 Å². The van der Waals surface area contributed by atoms with Crippen LogP contribution in [0, 0.1) is 13.8 Å². The van der Waals surface area contributed by atoms with E-state index in [0.29, 0.717) is 5.56 Å². The monoisotopic (exact) mass is 415 g/mol. The SMILES string of the molecule is CCNc1cc2c(cc1C)C(NC(=O)c1ccccc1)c1cc(C)c(NCC)cc1O2. The highest BCUT2D eigenvalue weighted by molar-refractivity contribution is 5.95. The Kier molecular flexibility index (Phi) is 5.85. The average Bonchev–Trinajstić information content (AvgIpc) is 2.77. The van der Waals surface area contributed by atoms with Crippen molar-refractivity contribution in [3.05, 3.63) is 82.4 Å². The van der Waals surface area contributed by atoms with Crippen molar-refractivity contribution in [2.24, 2.45) is 0 Å². The lowest BCUT2D eigenvalue weighted by Crippen LogP contribution is -2.31. The van der Waals surface area contributed by atoms with E-state index in [4.69, 9.17) is 4.74 Å². The van der Waals surface area contributed by atoms with Crippen molar-refractivity contribution >= 4 is 17.3 Å². The maximum Gasteiger partial charge on any atom is 0.252 e. The molecule has 0 saturated heterocycles. The number of fused-ring (bicyclic) bond motifs is 2. The summed E-state index contributed by atoms with van der Waals surface area (Å²) in [4.78, 5) is 13.1. The zero-order valence-corrected chi connectivity index (χ0v) is 18.5. The third-order valence-corrected chi connectivity index (χ3v) is 5.60. The predicted molar refractivity (Wildman–Crippen MR) is 127 cm³/mol. The summed E-state index contributed by atoms with van der Waals surface area (Å²) >= 11 is 0. The van der Waals surface area contributed by atoms with E-state index in [1.165, 1.54) is 0 Å². The van der Waals surface area contributed by atoms with Gasteiger partial charge < -0.3 is 20.7 Å². The smallest absolute Gasteiger partial charge is 0.252 e. The first-order chi connectivity index (χ1) is 15.0. The Bertz CT molecular complexity index is 1050. The van der Waals surface area contributed by atoms with Crippen LogP contribution in [0.25, 0.3) is 0 Å². The molecule has 0 spiro atoms. The number of carbonyl (C=O) groups is 1. The molecule has 0 radical (unpaired) electrons. The maximum absolute atomic E-state index is 13.1. The van der Waals surface area contributed by atoms with Gasteiger partial charge >= 0.3 is 0 Å². The van der Waals surface area contributed by atoms with E-state index >= 15 is 0 Å². The third-order valence-electron chi connectivity index (χ3n) is 5.60. The summed E-state index contributed by atoms with van der Waals surface area (Å²) < 4.78 is 6.35. The molecule has 0 aliphatic carbocycles. The molecule has 5 heteroatoms. The van der Waals surface area contributed by atoms with Crippen LogP contribution in [-0.2, 0) is 0 Å². The van der Waals surface area contributed by atoms with E-state index in [0.717, 1.165) is 58.2 Å². The molecular formula is C26H29N3O2. The minimum atomic E-state index is -0.296. The molecule has 0 unspecified atom stereocenters. The van der Waals surface area contributed by atoms with Crippen molar-refractivity contribution in [2.45, 2.75) is 33.7 Å². The van der Waals surface area contributed by atoms with Gasteiger partial charge in [0, 0.05) is 53.3 Å². The Hall–Kier alpha value is -3.47. The topological polar surface area (TPSA) is 62.4 Å². The number of hydrogen-bond acceptors (Lipinski definition) is 4. The van der Waals surface area contributed by atoms with Gasteiger partial charge in [0.2, 0.25) is 0 Å². The Morgan fingerprint density at radius 3 is 1.84 bits per heavy atom. The van der Waals surface area contributed by atoms with Crippen molar-refractivity contribution in [3.63, 3.8) is 0 Å². The molecule has 0 saturated carbocycles. The number of aryl methyl sites for hydroxylation is 2. The van der Waals surface area contributed by atoms with Gasteiger partial charge in [-0.1, -0.05) is 18.2 Å². The summed E-state index contributed by atoms with van der Waals surface area (Å²) in [6.45, 7) is 9.95. The summed E-state index contributed by atoms with van der Waals surface area (Å²) in [5.74, 6) is 1.42. The van der Waals surface area contributed by atoms with E-state index in [9.17, 15) is 4.79 Å². The highest BCUT2D eigenvalue weighted by Gasteiger charge is 2.30. The van der Waals surface area contributed by atoms with Gasteiger partial charge in [0.25, 0.3) is 5.91 Å². The number of nitrogens with one attached hydrogen (secondary N) is 3. The number of benzene rings is 3. The van der Waals surface area contributed by atoms with E-state index in [2.05, 4.69) is 55.8 Å². The molecule has 5 nitrogen and oxygen atoms in total. The zero-order chi connectivity index (χ0) is 22.0. The molecule has 3 aromatic rings. The summed E-state index contributed by atoms with van der Waals surface area (Å²) in [6.07, 6.45) is 0. The van der Waals surface area contributed by atoms with Crippen LogP contribution in [0.3, 0.4) is 0 Å². The second kappa shape index (κ2) is 8.72. The summed E-state index contributed by atoms with van der Waals surface area (Å²) in [7, 11) is 0. The van der Waals surface area contributed by atoms with Gasteiger partial charge in [0.1, 0.15) is 11.5 Å². The van der Waals surface area contributed by atoms with Crippen LogP contribution < -0.4 is 20.7 Å². The lowest BCUT2D eigenvalue weighted by Gasteiger charge is -2.31. The number of rotatable bonds is 6. The predicted octanol–water partition coefficient (Wildman–Crippen LogP) is 5.79. The molecule has 3 aromatic carbocycles. The first-order valence-corrected chi connectivity index (χ1v) is 10.8. The van der Waals surface area contributed by atoms with Crippen LogP contribution in [0.2, 0.25) is 0 Å². The largest absolute Gasteiger partial charge is 0.456 e. The lowest BCUT2D eigenvalue weighted by molar-refractivity contribution is 0.0941. The normalized spacial score (nSPS) is 12.4. The second-order valence-corrected chi connectivity index (χ2v) is 7.85. The number of anilines is 2. The van der Waals surface area contributed by atoms with Crippen LogP contribution in [0.4, 0.5) is 11.4 Å². The minimum Gasteiger partial charge on any atom is -0.456 e. The Morgan fingerprint density at radius 2 is 1.35 bits per heavy atom. The van der Waals surface area contributed by atoms with Gasteiger partial charge in [0.05, 0.1) is 6.04 Å². The molecule has 4 rings (SSSR count). The average molecular weight is 416 g/mol. The summed E-state index contributed by atoms with van der Waals surface area (Å²) in [6, 6.07) is 17.3. The maximum atomic E-state index is 13.1. The van der Waals surface area contributed by atoms with Crippen molar-refractivity contribution in [1.29, 1.82) is 0 Å². The first-order valence-electron chi connectivity index (χ1n) is 10.8. The lowest BCUT2D eigenvalue weighted by atomic mass is 9.91. The fourth-order valence-corrected chi connectivity index (χ4v) is 4.06.